The van der Waals surface area contributed by atoms with Crippen LogP contribution in [0.2, 0.25) is 0 Å². The van der Waals surface area contributed by atoms with E-state index in [1.54, 1.807) is 0 Å². The summed E-state index contributed by atoms with van der Waals surface area (Å²) in [7, 11) is 0. The highest BCUT2D eigenvalue weighted by Crippen LogP contribution is 2.27. The Bertz CT molecular complexity index is 561. The summed E-state index contributed by atoms with van der Waals surface area (Å²) < 4.78 is 5.87. The number of nitrogens with one attached hydrogen (secondary N) is 1. The van der Waals surface area contributed by atoms with Gasteiger partial charge in [0.2, 0.25) is 5.88 Å². The lowest BCUT2D eigenvalue weighted by Gasteiger charge is -2.11. The van der Waals surface area contributed by atoms with Gasteiger partial charge in [-0.15, -0.1) is 0 Å². The maximum absolute atomic E-state index is 5.87. The van der Waals surface area contributed by atoms with Crippen LogP contribution in [0.1, 0.15) is 23.6 Å². The Balaban J connectivity index is 2.30. The number of benzene rings is 1. The standard InChI is InChI=1S/C15H19N3O/c1-5-16-14-12(4)15(18-9-17-14)19-13-7-10(2)6-11(3)8-13/h6-9H,5H2,1-4H3,(H,16,17,18). The number of anilines is 1. The van der Waals surface area contributed by atoms with Gasteiger partial charge in [0.1, 0.15) is 17.9 Å². The zero-order valence-electron chi connectivity index (χ0n) is 11.8. The summed E-state index contributed by atoms with van der Waals surface area (Å²) in [5.41, 5.74) is 3.27. The summed E-state index contributed by atoms with van der Waals surface area (Å²) in [6, 6.07) is 6.12. The van der Waals surface area contributed by atoms with Crippen molar-refractivity contribution < 1.29 is 4.74 Å². The molecular weight excluding hydrogens is 238 g/mol. The van der Waals surface area contributed by atoms with Gasteiger partial charge in [0.25, 0.3) is 0 Å². The molecule has 19 heavy (non-hydrogen) atoms. The molecule has 1 heterocycles. The Labute approximate surface area is 113 Å². The number of aromatic nitrogens is 2. The average Bonchev–Trinajstić information content (AvgIpc) is 2.33. The molecule has 0 unspecified atom stereocenters. The van der Waals surface area contributed by atoms with Crippen molar-refractivity contribution in [1.82, 2.24) is 9.97 Å². The second-order valence-corrected chi connectivity index (χ2v) is 4.61. The molecule has 1 N–H and O–H groups in total. The summed E-state index contributed by atoms with van der Waals surface area (Å²) in [6.07, 6.45) is 1.52. The van der Waals surface area contributed by atoms with Crippen molar-refractivity contribution in [3.05, 3.63) is 41.2 Å². The van der Waals surface area contributed by atoms with Crippen LogP contribution in [-0.4, -0.2) is 16.5 Å². The van der Waals surface area contributed by atoms with Gasteiger partial charge in [-0.25, -0.2) is 9.97 Å². The minimum atomic E-state index is 0.593. The zero-order chi connectivity index (χ0) is 13.8. The highest BCUT2D eigenvalue weighted by atomic mass is 16.5. The zero-order valence-corrected chi connectivity index (χ0v) is 11.8. The first kappa shape index (κ1) is 13.3. The van der Waals surface area contributed by atoms with Crippen molar-refractivity contribution in [2.75, 3.05) is 11.9 Å². The summed E-state index contributed by atoms with van der Waals surface area (Å²) in [5.74, 6) is 2.22. The molecule has 1 aromatic heterocycles. The van der Waals surface area contributed by atoms with E-state index in [0.717, 1.165) is 23.7 Å². The third-order valence-electron chi connectivity index (χ3n) is 2.79. The van der Waals surface area contributed by atoms with E-state index in [4.69, 9.17) is 4.74 Å². The van der Waals surface area contributed by atoms with E-state index in [1.807, 2.05) is 26.0 Å². The van der Waals surface area contributed by atoms with E-state index < -0.39 is 0 Å². The van der Waals surface area contributed by atoms with Gasteiger partial charge >= 0.3 is 0 Å². The van der Waals surface area contributed by atoms with Crippen LogP contribution >= 0.6 is 0 Å². The van der Waals surface area contributed by atoms with Gasteiger partial charge in [0.15, 0.2) is 0 Å². The highest BCUT2D eigenvalue weighted by Gasteiger charge is 2.08. The summed E-state index contributed by atoms with van der Waals surface area (Å²) >= 11 is 0. The van der Waals surface area contributed by atoms with Crippen molar-refractivity contribution in [3.63, 3.8) is 0 Å². The fourth-order valence-electron chi connectivity index (χ4n) is 1.99. The quantitative estimate of drug-likeness (QED) is 0.908. The Morgan fingerprint density at radius 2 is 1.74 bits per heavy atom. The Morgan fingerprint density at radius 1 is 1.05 bits per heavy atom. The van der Waals surface area contributed by atoms with Crippen LogP contribution in [0.5, 0.6) is 11.6 Å². The largest absolute Gasteiger partial charge is 0.439 e. The number of hydrogen-bond donors (Lipinski definition) is 1. The molecule has 0 aliphatic rings. The molecule has 0 bridgehead atoms. The first-order valence-corrected chi connectivity index (χ1v) is 6.41. The molecule has 2 rings (SSSR count). The molecule has 100 valence electrons. The molecule has 0 atom stereocenters. The van der Waals surface area contributed by atoms with E-state index in [2.05, 4.69) is 35.2 Å². The number of aryl methyl sites for hydroxylation is 2. The van der Waals surface area contributed by atoms with Crippen molar-refractivity contribution in [3.8, 4) is 11.6 Å². The van der Waals surface area contributed by atoms with Gasteiger partial charge in [-0.3, -0.25) is 0 Å². The van der Waals surface area contributed by atoms with Crippen LogP contribution in [0.15, 0.2) is 24.5 Å². The average molecular weight is 257 g/mol. The first-order valence-electron chi connectivity index (χ1n) is 6.41. The van der Waals surface area contributed by atoms with Crippen LogP contribution in [0.3, 0.4) is 0 Å². The van der Waals surface area contributed by atoms with Crippen LogP contribution in [0.4, 0.5) is 5.82 Å². The van der Waals surface area contributed by atoms with Gasteiger partial charge in [-0.1, -0.05) is 6.07 Å². The van der Waals surface area contributed by atoms with Crippen molar-refractivity contribution in [2.45, 2.75) is 27.7 Å². The van der Waals surface area contributed by atoms with Gasteiger partial charge in [0.05, 0.1) is 5.56 Å². The lowest BCUT2D eigenvalue weighted by atomic mass is 10.1. The lowest BCUT2D eigenvalue weighted by Crippen LogP contribution is -2.03. The van der Waals surface area contributed by atoms with Crippen molar-refractivity contribution >= 4 is 5.82 Å². The second-order valence-electron chi connectivity index (χ2n) is 4.61. The fourth-order valence-corrected chi connectivity index (χ4v) is 1.99. The Kier molecular flexibility index (Phi) is 4.00. The predicted octanol–water partition coefficient (Wildman–Crippen LogP) is 3.63. The Hall–Kier alpha value is -2.10. The van der Waals surface area contributed by atoms with Crippen LogP contribution in [0, 0.1) is 20.8 Å². The number of hydrogen-bond acceptors (Lipinski definition) is 4. The number of nitrogens with zero attached hydrogens (tertiary/aromatic N) is 2. The Morgan fingerprint density at radius 3 is 2.37 bits per heavy atom. The third-order valence-corrected chi connectivity index (χ3v) is 2.79. The lowest BCUT2D eigenvalue weighted by molar-refractivity contribution is 0.457. The SMILES string of the molecule is CCNc1ncnc(Oc2cc(C)cc(C)c2)c1C. The highest BCUT2D eigenvalue weighted by molar-refractivity contribution is 5.49. The molecule has 2 aromatic rings. The minimum absolute atomic E-state index is 0.593. The van der Waals surface area contributed by atoms with Gasteiger partial charge < -0.3 is 10.1 Å². The molecule has 0 aliphatic heterocycles. The molecule has 0 fully saturated rings. The van der Waals surface area contributed by atoms with E-state index in [9.17, 15) is 0 Å². The smallest absolute Gasteiger partial charge is 0.227 e. The molecule has 0 radical (unpaired) electrons. The fraction of sp³-hybridized carbons (Fsp3) is 0.333. The summed E-state index contributed by atoms with van der Waals surface area (Å²) in [5, 5.41) is 3.19. The maximum atomic E-state index is 5.87. The topological polar surface area (TPSA) is 47.0 Å². The van der Waals surface area contributed by atoms with Crippen LogP contribution < -0.4 is 10.1 Å². The van der Waals surface area contributed by atoms with Gasteiger partial charge in [-0.2, -0.15) is 0 Å². The maximum Gasteiger partial charge on any atom is 0.227 e. The molecule has 0 amide bonds. The van der Waals surface area contributed by atoms with Gasteiger partial charge in [0, 0.05) is 6.54 Å². The normalized spacial score (nSPS) is 10.3. The van der Waals surface area contributed by atoms with E-state index in [0.29, 0.717) is 5.88 Å². The number of rotatable bonds is 4. The molecule has 0 spiro atoms. The second kappa shape index (κ2) is 5.69. The molecule has 0 saturated heterocycles. The van der Waals surface area contributed by atoms with Gasteiger partial charge in [-0.05, 0) is 51.0 Å². The number of ether oxygens (including phenoxy) is 1. The van der Waals surface area contributed by atoms with E-state index in [1.165, 1.54) is 17.5 Å². The van der Waals surface area contributed by atoms with E-state index >= 15 is 0 Å². The van der Waals surface area contributed by atoms with E-state index in [-0.39, 0.29) is 0 Å². The molecule has 1 aromatic carbocycles. The monoisotopic (exact) mass is 257 g/mol. The third kappa shape index (κ3) is 3.22. The minimum Gasteiger partial charge on any atom is -0.439 e. The van der Waals surface area contributed by atoms with Crippen molar-refractivity contribution in [1.29, 1.82) is 0 Å². The summed E-state index contributed by atoms with van der Waals surface area (Å²) in [4.78, 5) is 8.41. The molecule has 4 nitrogen and oxygen atoms in total. The first-order chi connectivity index (χ1) is 9.10. The van der Waals surface area contributed by atoms with Crippen LogP contribution in [0.25, 0.3) is 0 Å². The molecule has 4 heteroatoms. The van der Waals surface area contributed by atoms with Crippen molar-refractivity contribution in [2.24, 2.45) is 0 Å². The molecule has 0 aliphatic carbocycles. The summed E-state index contributed by atoms with van der Waals surface area (Å²) in [6.45, 7) is 8.91. The predicted molar refractivity (Wildman–Crippen MR) is 76.9 cm³/mol. The molecular formula is C15H19N3O. The molecule has 0 saturated carbocycles. The van der Waals surface area contributed by atoms with Crippen LogP contribution in [-0.2, 0) is 0 Å².